The third-order valence-electron chi connectivity index (χ3n) is 7.35. The fourth-order valence-electron chi connectivity index (χ4n) is 5.47. The molecule has 0 radical (unpaired) electrons. The van der Waals surface area contributed by atoms with Gasteiger partial charge in [-0.05, 0) is 75.8 Å². The van der Waals surface area contributed by atoms with Crippen LogP contribution in [-0.2, 0) is 14.8 Å². The summed E-state index contributed by atoms with van der Waals surface area (Å²) in [6.45, 7) is 16.7. The number of aromatic carboxylic acids is 1. The molecule has 1 saturated heterocycles. The minimum atomic E-state index is -4.28. The van der Waals surface area contributed by atoms with E-state index in [0.29, 0.717) is 18.8 Å². The number of carbonyl (C=O) groups is 2. The molecule has 13 heteroatoms. The van der Waals surface area contributed by atoms with Crippen molar-refractivity contribution in [1.82, 2.24) is 20.2 Å². The maximum atomic E-state index is 13.4. The third kappa shape index (κ3) is 9.88. The van der Waals surface area contributed by atoms with Crippen LogP contribution in [0.5, 0.6) is 5.88 Å². The lowest BCUT2D eigenvalue weighted by molar-refractivity contribution is 0.0183. The quantitative estimate of drug-likeness (QED) is 0.274. The number of nitrogens with zero attached hydrogens (tertiary/aromatic N) is 3. The lowest BCUT2D eigenvalue weighted by atomic mass is 9.88. The maximum Gasteiger partial charge on any atom is 0.410 e. The molecular weight excluding hydrogens is 622 g/mol. The van der Waals surface area contributed by atoms with Gasteiger partial charge in [0, 0.05) is 30.8 Å². The molecule has 4 rings (SSSR count). The summed E-state index contributed by atoms with van der Waals surface area (Å²) in [6.07, 6.45) is -0.215. The average Bonchev–Trinajstić information content (AvgIpc) is 3.13. The molecule has 2 heterocycles. The van der Waals surface area contributed by atoms with Crippen LogP contribution in [0, 0.1) is 19.3 Å². The van der Waals surface area contributed by atoms with Gasteiger partial charge in [0.15, 0.2) is 0 Å². The van der Waals surface area contributed by atoms with E-state index in [4.69, 9.17) is 9.47 Å². The van der Waals surface area contributed by atoms with E-state index in [1.54, 1.807) is 11.0 Å². The molecule has 12 nitrogen and oxygen atoms in total. The summed E-state index contributed by atoms with van der Waals surface area (Å²) in [5, 5.41) is 12.9. The van der Waals surface area contributed by atoms with Crippen LogP contribution in [0.1, 0.15) is 69.4 Å². The summed E-state index contributed by atoms with van der Waals surface area (Å²) in [7, 11) is -4.28. The van der Waals surface area contributed by atoms with Gasteiger partial charge in [-0.25, -0.2) is 27.7 Å². The minimum Gasteiger partial charge on any atom is -0.478 e. The summed E-state index contributed by atoms with van der Waals surface area (Å²) >= 11 is 0. The Labute approximate surface area is 277 Å². The van der Waals surface area contributed by atoms with Crippen LogP contribution in [0.2, 0.25) is 0 Å². The number of hydrogen-bond acceptors (Lipinski definition) is 9. The number of amides is 1. The van der Waals surface area contributed by atoms with Crippen molar-refractivity contribution in [2.24, 2.45) is 5.41 Å². The Morgan fingerprint density at radius 2 is 1.66 bits per heavy atom. The van der Waals surface area contributed by atoms with Crippen LogP contribution in [0.3, 0.4) is 0 Å². The maximum absolute atomic E-state index is 13.4. The van der Waals surface area contributed by atoms with Gasteiger partial charge < -0.3 is 24.8 Å². The normalized spacial score (nSPS) is 17.5. The minimum absolute atomic E-state index is 0.000960. The Morgan fingerprint density at radius 3 is 2.28 bits per heavy atom. The van der Waals surface area contributed by atoms with E-state index >= 15 is 0 Å². The highest BCUT2D eigenvalue weighted by Gasteiger charge is 2.33. The average molecular weight is 668 g/mol. The van der Waals surface area contributed by atoms with Crippen LogP contribution >= 0.6 is 0 Å². The first-order chi connectivity index (χ1) is 21.8. The number of carboxylic acid groups (broad SMARTS) is 1. The van der Waals surface area contributed by atoms with Crippen LogP contribution in [-0.4, -0.2) is 77.8 Å². The number of ether oxygens (including phenoxy) is 2. The van der Waals surface area contributed by atoms with Gasteiger partial charge >= 0.3 is 12.1 Å². The lowest BCUT2D eigenvalue weighted by Crippen LogP contribution is -2.44. The number of carboxylic acids is 1. The number of aromatic nitrogens is 2. The summed E-state index contributed by atoms with van der Waals surface area (Å²) in [4.78, 5) is 35.1. The highest BCUT2D eigenvalue weighted by Crippen LogP contribution is 2.30. The zero-order chi connectivity index (χ0) is 34.7. The number of aryl methyl sites for hydroxylation is 2. The van der Waals surface area contributed by atoms with E-state index in [-0.39, 0.29) is 40.3 Å². The van der Waals surface area contributed by atoms with Gasteiger partial charge in [-0.1, -0.05) is 45.0 Å². The Bertz CT molecular complexity index is 1710. The summed E-state index contributed by atoms with van der Waals surface area (Å²) in [5.74, 6) is -1.41. The van der Waals surface area contributed by atoms with Gasteiger partial charge in [0.05, 0.1) is 22.7 Å². The lowest BCUT2D eigenvalue weighted by Gasteiger charge is -2.31. The molecule has 1 amide bonds. The second-order valence-electron chi connectivity index (χ2n) is 14.1. The van der Waals surface area contributed by atoms with Gasteiger partial charge in [0.1, 0.15) is 11.7 Å². The molecule has 1 aliphatic heterocycles. The number of sulfonamides is 1. The first kappa shape index (κ1) is 35.6. The number of rotatable bonds is 8. The molecule has 0 aliphatic carbocycles. The van der Waals surface area contributed by atoms with Crippen LogP contribution < -0.4 is 14.8 Å². The number of nitrogens with one attached hydrogen (secondary N) is 2. The molecule has 0 spiro atoms. The molecule has 2 aromatic carbocycles. The Kier molecular flexibility index (Phi) is 10.5. The highest BCUT2D eigenvalue weighted by molar-refractivity contribution is 7.92. The van der Waals surface area contributed by atoms with E-state index in [2.05, 4.69) is 40.8 Å². The van der Waals surface area contributed by atoms with Crippen LogP contribution in [0.15, 0.2) is 53.4 Å². The van der Waals surface area contributed by atoms with Gasteiger partial charge in [0.25, 0.3) is 10.0 Å². The predicted octanol–water partition coefficient (Wildman–Crippen LogP) is 5.65. The molecule has 0 saturated carbocycles. The van der Waals surface area contributed by atoms with Crippen molar-refractivity contribution < 1.29 is 32.6 Å². The molecule has 2 atom stereocenters. The zero-order valence-electron chi connectivity index (χ0n) is 28.2. The van der Waals surface area contributed by atoms with Crippen molar-refractivity contribution in [1.29, 1.82) is 0 Å². The number of hydrogen-bond donors (Lipinski definition) is 3. The smallest absolute Gasteiger partial charge is 0.410 e. The Balaban J connectivity index is 1.72. The van der Waals surface area contributed by atoms with Crippen molar-refractivity contribution in [2.75, 3.05) is 24.4 Å². The number of carbonyl (C=O) groups excluding carboxylic acids is 1. The van der Waals surface area contributed by atoms with Crippen molar-refractivity contribution >= 4 is 28.0 Å². The molecule has 254 valence electrons. The van der Waals surface area contributed by atoms with Crippen LogP contribution in [0.25, 0.3) is 11.3 Å². The predicted molar refractivity (Wildman–Crippen MR) is 179 cm³/mol. The monoisotopic (exact) mass is 667 g/mol. The molecule has 1 fully saturated rings. The summed E-state index contributed by atoms with van der Waals surface area (Å²) in [6, 6.07) is 12.4. The molecule has 47 heavy (non-hydrogen) atoms. The third-order valence-corrected chi connectivity index (χ3v) is 8.68. The topological polar surface area (TPSA) is 160 Å². The van der Waals surface area contributed by atoms with Crippen molar-refractivity contribution in [3.8, 4) is 17.1 Å². The Morgan fingerprint density at radius 1 is 1.00 bits per heavy atom. The van der Waals surface area contributed by atoms with E-state index in [9.17, 15) is 23.1 Å². The van der Waals surface area contributed by atoms with Crippen molar-refractivity contribution in [3.63, 3.8) is 0 Å². The first-order valence-corrected chi connectivity index (χ1v) is 17.0. The van der Waals surface area contributed by atoms with E-state index in [1.807, 2.05) is 52.8 Å². The van der Waals surface area contributed by atoms with Crippen LogP contribution in [0.4, 0.5) is 10.7 Å². The second kappa shape index (κ2) is 13.9. The van der Waals surface area contributed by atoms with Crippen molar-refractivity contribution in [2.45, 2.75) is 84.5 Å². The van der Waals surface area contributed by atoms with Gasteiger partial charge in [-0.3, -0.25) is 0 Å². The van der Waals surface area contributed by atoms with Crippen molar-refractivity contribution in [3.05, 3.63) is 65.2 Å². The molecule has 3 aromatic rings. The van der Waals surface area contributed by atoms with Gasteiger partial charge in [-0.2, -0.15) is 4.98 Å². The zero-order valence-corrected chi connectivity index (χ0v) is 29.1. The second-order valence-corrected chi connectivity index (χ2v) is 15.8. The Hall–Kier alpha value is -4.23. The molecule has 3 N–H and O–H groups in total. The number of anilines is 1. The highest BCUT2D eigenvalue weighted by atomic mass is 32.2. The molecular formula is C34H45N5O7S. The fraction of sp³-hybridized carbons (Fsp3) is 0.471. The molecule has 0 bridgehead atoms. The van der Waals surface area contributed by atoms with Gasteiger partial charge in [0.2, 0.25) is 11.8 Å². The van der Waals surface area contributed by atoms with E-state index < -0.39 is 33.8 Å². The number of benzene rings is 2. The van der Waals surface area contributed by atoms with E-state index in [1.165, 1.54) is 18.2 Å². The molecule has 1 aromatic heterocycles. The summed E-state index contributed by atoms with van der Waals surface area (Å²) in [5.41, 5.74) is 2.18. The molecule has 1 aliphatic rings. The van der Waals surface area contributed by atoms with E-state index in [0.717, 1.165) is 29.2 Å². The van der Waals surface area contributed by atoms with Gasteiger partial charge in [-0.15, -0.1) is 0 Å². The standard InChI is InChI=1S/C34H45N5O7S/c1-21-11-9-12-22(2)29(21)27-16-28(37-31(36-27)38-47(43,44)26-14-10-13-23(15-26)30(40)41)45-25-18-35-24(17-33(3,4)5)19-39(20-25)32(42)46-34(6,7)8/h9-16,24-25,35H,17-20H2,1-8H3,(H,40,41)(H,36,37,38)/t24?,25-/m0/s1. The first-order valence-electron chi connectivity index (χ1n) is 15.5. The summed E-state index contributed by atoms with van der Waals surface area (Å²) < 4.78 is 41.3. The largest absolute Gasteiger partial charge is 0.478 e. The molecule has 1 unspecified atom stereocenters. The SMILES string of the molecule is Cc1cccc(C)c1-c1cc(O[C@H]2CNC(CC(C)(C)C)CN(C(=O)OC(C)(C)C)C2)nc(NS(=O)(=O)c2cccc(C(=O)O)c2)n1. The fourth-order valence-corrected chi connectivity index (χ4v) is 6.46.